The molecule has 2 heterocycles. The van der Waals surface area contributed by atoms with Crippen molar-refractivity contribution in [1.82, 2.24) is 15.2 Å². The number of aryl methyl sites for hydroxylation is 1. The Labute approximate surface area is 109 Å². The lowest BCUT2D eigenvalue weighted by molar-refractivity contribution is 0.0994. The number of nitrogens with one attached hydrogen (secondary N) is 1. The monoisotopic (exact) mass is 249 g/mol. The first-order valence-electron chi connectivity index (χ1n) is 6.27. The maximum Gasteiger partial charge on any atom is 0.163 e. The van der Waals surface area contributed by atoms with E-state index in [4.69, 9.17) is 0 Å². The topological polar surface area (TPSA) is 58.6 Å². The molecule has 0 aliphatic heterocycles. The first-order chi connectivity index (χ1) is 9.33. The van der Waals surface area contributed by atoms with Crippen molar-refractivity contribution < 1.29 is 4.79 Å². The summed E-state index contributed by atoms with van der Waals surface area (Å²) in [5, 5.41) is 7.91. The van der Waals surface area contributed by atoms with E-state index in [2.05, 4.69) is 21.2 Å². The first kappa shape index (κ1) is 10.4. The van der Waals surface area contributed by atoms with Crippen LogP contribution >= 0.6 is 0 Å². The molecule has 4 nitrogen and oxygen atoms in total. The normalized spacial score (nSPS) is 14.0. The number of carbonyl (C=O) groups excluding carboxylic acids is 1. The lowest BCUT2D eigenvalue weighted by Gasteiger charge is -2.05. The highest BCUT2D eigenvalue weighted by Crippen LogP contribution is 2.31. The van der Waals surface area contributed by atoms with Crippen molar-refractivity contribution in [2.75, 3.05) is 0 Å². The molecule has 2 aromatic heterocycles. The smallest absolute Gasteiger partial charge is 0.163 e. The molecule has 0 saturated carbocycles. The van der Waals surface area contributed by atoms with E-state index in [0.717, 1.165) is 39.7 Å². The zero-order valence-electron chi connectivity index (χ0n) is 10.2. The van der Waals surface area contributed by atoms with Crippen LogP contribution in [0.25, 0.3) is 22.2 Å². The molecule has 0 fully saturated rings. The summed E-state index contributed by atoms with van der Waals surface area (Å²) in [6.07, 6.45) is 5.04. The maximum absolute atomic E-state index is 11.7. The van der Waals surface area contributed by atoms with Gasteiger partial charge in [-0.25, -0.2) is 4.98 Å². The van der Waals surface area contributed by atoms with Gasteiger partial charge in [0.25, 0.3) is 0 Å². The molecule has 0 saturated heterocycles. The second kappa shape index (κ2) is 3.75. The van der Waals surface area contributed by atoms with E-state index in [1.54, 1.807) is 12.4 Å². The summed E-state index contributed by atoms with van der Waals surface area (Å²) in [4.78, 5) is 15.9. The molecule has 0 amide bonds. The zero-order valence-corrected chi connectivity index (χ0v) is 10.2. The zero-order chi connectivity index (χ0) is 12.8. The first-order valence-corrected chi connectivity index (χ1v) is 6.27. The minimum absolute atomic E-state index is 0.254. The van der Waals surface area contributed by atoms with E-state index >= 15 is 0 Å². The second-order valence-electron chi connectivity index (χ2n) is 4.79. The van der Waals surface area contributed by atoms with Gasteiger partial charge < -0.3 is 0 Å². The minimum atomic E-state index is 0.254. The number of fused-ring (bicyclic) bond motifs is 2. The minimum Gasteiger partial charge on any atom is -0.294 e. The number of H-pyrrole nitrogens is 1. The number of ketones is 1. The number of hydrogen-bond acceptors (Lipinski definition) is 3. The lowest BCUT2D eigenvalue weighted by Crippen LogP contribution is -1.91. The Kier molecular flexibility index (Phi) is 2.06. The van der Waals surface area contributed by atoms with E-state index in [9.17, 15) is 4.79 Å². The van der Waals surface area contributed by atoms with Crippen molar-refractivity contribution in [2.24, 2.45) is 0 Å². The van der Waals surface area contributed by atoms with Gasteiger partial charge in [-0.2, -0.15) is 5.10 Å². The van der Waals surface area contributed by atoms with Crippen molar-refractivity contribution in [3.63, 3.8) is 0 Å². The van der Waals surface area contributed by atoms with Crippen molar-refractivity contribution >= 4 is 16.8 Å². The summed E-state index contributed by atoms with van der Waals surface area (Å²) in [5.41, 5.74) is 5.02. The Morgan fingerprint density at radius 3 is 3.00 bits per heavy atom. The molecule has 1 aliphatic carbocycles. The van der Waals surface area contributed by atoms with Crippen molar-refractivity contribution in [3.05, 3.63) is 47.8 Å². The third kappa shape index (κ3) is 1.50. The van der Waals surface area contributed by atoms with Gasteiger partial charge in [-0.3, -0.25) is 9.89 Å². The lowest BCUT2D eigenvalue weighted by atomic mass is 9.99. The molecule has 0 unspecified atom stereocenters. The number of nitrogens with zero attached hydrogens (tertiary/aromatic N) is 2. The van der Waals surface area contributed by atoms with Gasteiger partial charge in [0.2, 0.25) is 0 Å². The number of pyridine rings is 1. The van der Waals surface area contributed by atoms with Crippen molar-refractivity contribution in [2.45, 2.75) is 12.8 Å². The van der Waals surface area contributed by atoms with Crippen LogP contribution < -0.4 is 0 Å². The van der Waals surface area contributed by atoms with Crippen LogP contribution in [-0.2, 0) is 6.42 Å². The van der Waals surface area contributed by atoms with Crippen LogP contribution in [0.15, 0.2) is 36.7 Å². The second-order valence-corrected chi connectivity index (χ2v) is 4.79. The number of benzene rings is 1. The van der Waals surface area contributed by atoms with E-state index in [1.807, 2.05) is 18.2 Å². The van der Waals surface area contributed by atoms with Crippen LogP contribution in [0.3, 0.4) is 0 Å². The standard InChI is InChI=1S/C15H11N3O/c19-14-4-2-10-7-9(1-3-12(10)14)11-5-6-16-15-13(11)8-17-18-15/h1,3,5-8H,2,4H2,(H,16,17,18). The Morgan fingerprint density at radius 2 is 2.05 bits per heavy atom. The van der Waals surface area contributed by atoms with Gasteiger partial charge in [-0.1, -0.05) is 18.2 Å². The van der Waals surface area contributed by atoms with Gasteiger partial charge in [0.1, 0.15) is 0 Å². The number of hydrogen-bond donors (Lipinski definition) is 1. The third-order valence-electron chi connectivity index (χ3n) is 3.69. The Balaban J connectivity index is 1.93. The van der Waals surface area contributed by atoms with Crippen molar-refractivity contribution in [3.8, 4) is 11.1 Å². The van der Waals surface area contributed by atoms with E-state index in [0.29, 0.717) is 6.42 Å². The fourth-order valence-corrected chi connectivity index (χ4v) is 2.73. The predicted octanol–water partition coefficient (Wildman–Crippen LogP) is 2.75. The summed E-state index contributed by atoms with van der Waals surface area (Å²) in [5.74, 6) is 0.254. The van der Waals surface area contributed by atoms with Crippen LogP contribution in [-0.4, -0.2) is 21.0 Å². The van der Waals surface area contributed by atoms with Gasteiger partial charge >= 0.3 is 0 Å². The van der Waals surface area contributed by atoms with E-state index in [-0.39, 0.29) is 5.78 Å². The van der Waals surface area contributed by atoms with Crippen LogP contribution in [0.4, 0.5) is 0 Å². The number of Topliss-reactive ketones (excluding diaryl/α,β-unsaturated/α-hetero) is 1. The summed E-state index contributed by atoms with van der Waals surface area (Å²) in [6.45, 7) is 0. The molecule has 1 aromatic carbocycles. The average molecular weight is 249 g/mol. The highest BCUT2D eigenvalue weighted by molar-refractivity contribution is 6.01. The molecule has 19 heavy (non-hydrogen) atoms. The molecule has 1 N–H and O–H groups in total. The quantitative estimate of drug-likeness (QED) is 0.721. The van der Waals surface area contributed by atoms with Gasteiger partial charge in [0.15, 0.2) is 11.4 Å². The van der Waals surface area contributed by atoms with Gasteiger partial charge in [-0.15, -0.1) is 0 Å². The molecule has 0 spiro atoms. The van der Waals surface area contributed by atoms with Crippen LogP contribution in [0.2, 0.25) is 0 Å². The molecule has 3 aromatic rings. The molecule has 0 bridgehead atoms. The highest BCUT2D eigenvalue weighted by Gasteiger charge is 2.19. The summed E-state index contributed by atoms with van der Waals surface area (Å²) < 4.78 is 0. The average Bonchev–Trinajstić information content (AvgIpc) is 3.05. The molecule has 0 atom stereocenters. The highest BCUT2D eigenvalue weighted by atomic mass is 16.1. The summed E-state index contributed by atoms with van der Waals surface area (Å²) in [6, 6.07) is 8.04. The number of aromatic nitrogens is 3. The maximum atomic E-state index is 11.7. The molecule has 1 aliphatic rings. The number of rotatable bonds is 1. The van der Waals surface area contributed by atoms with E-state index in [1.165, 1.54) is 0 Å². The fraction of sp³-hybridized carbons (Fsp3) is 0.133. The number of carbonyl (C=O) groups is 1. The van der Waals surface area contributed by atoms with Crippen LogP contribution in [0.1, 0.15) is 22.3 Å². The molecule has 4 rings (SSSR count). The molecule has 92 valence electrons. The molecule has 0 radical (unpaired) electrons. The summed E-state index contributed by atoms with van der Waals surface area (Å²) >= 11 is 0. The third-order valence-corrected chi connectivity index (χ3v) is 3.69. The summed E-state index contributed by atoms with van der Waals surface area (Å²) in [7, 11) is 0. The van der Waals surface area contributed by atoms with E-state index < -0.39 is 0 Å². The Bertz CT molecular complexity index is 804. The van der Waals surface area contributed by atoms with Crippen molar-refractivity contribution in [1.29, 1.82) is 0 Å². The largest absolute Gasteiger partial charge is 0.294 e. The molecular weight excluding hydrogens is 238 g/mol. The number of aromatic amines is 1. The Hall–Kier alpha value is -2.49. The van der Waals surface area contributed by atoms with Gasteiger partial charge in [0.05, 0.1) is 6.20 Å². The van der Waals surface area contributed by atoms with Crippen LogP contribution in [0.5, 0.6) is 0 Å². The predicted molar refractivity (Wildman–Crippen MR) is 72.0 cm³/mol. The van der Waals surface area contributed by atoms with Gasteiger partial charge in [0, 0.05) is 23.6 Å². The SMILES string of the molecule is O=C1CCc2cc(-c3ccnc4[nH]ncc34)ccc21. The van der Waals surface area contributed by atoms with Crippen LogP contribution in [0, 0.1) is 0 Å². The Morgan fingerprint density at radius 1 is 1.11 bits per heavy atom. The van der Waals surface area contributed by atoms with Gasteiger partial charge in [-0.05, 0) is 29.2 Å². The fourth-order valence-electron chi connectivity index (χ4n) is 2.73. The molecule has 4 heteroatoms. The molecular formula is C15H11N3O.